The lowest BCUT2D eigenvalue weighted by molar-refractivity contribution is 0.0587. The first-order valence-corrected chi connectivity index (χ1v) is 4.33. The molecular weight excluding hydrogens is 222 g/mol. The molecule has 0 aliphatic carbocycles. The van der Waals surface area contributed by atoms with Crippen molar-refractivity contribution in [2.24, 2.45) is 5.73 Å². The maximum Gasteiger partial charge on any atom is 0.338 e. The minimum Gasteiger partial charge on any atom is -0.465 e. The second-order valence-electron chi connectivity index (χ2n) is 2.92. The van der Waals surface area contributed by atoms with Crippen LogP contribution < -0.4 is 11.3 Å². The van der Waals surface area contributed by atoms with Crippen LogP contribution in [0.4, 0.5) is 8.78 Å². The summed E-state index contributed by atoms with van der Waals surface area (Å²) in [4.78, 5) is 24.7. The second kappa shape index (κ2) is 4.84. The molecule has 0 radical (unpaired) electrons. The third-order valence-electron chi connectivity index (χ3n) is 2.05. The molecule has 0 aliphatic rings. The van der Waals surface area contributed by atoms with Crippen molar-refractivity contribution in [1.29, 1.82) is 0 Å². The Morgan fingerprint density at radius 1 is 1.62 bits per heavy atom. The summed E-state index contributed by atoms with van der Waals surface area (Å²) >= 11 is 0. The summed E-state index contributed by atoms with van der Waals surface area (Å²) in [5, 5.41) is 0. The molecule has 0 aliphatic heterocycles. The van der Waals surface area contributed by atoms with Gasteiger partial charge in [0.05, 0.1) is 12.7 Å². The lowest BCUT2D eigenvalue weighted by Crippen LogP contribution is -2.23. The predicted molar refractivity (Wildman–Crippen MR) is 51.3 cm³/mol. The number of methoxy groups -OCH3 is 1. The largest absolute Gasteiger partial charge is 0.465 e. The summed E-state index contributed by atoms with van der Waals surface area (Å²) in [6.45, 7) is -0.319. The predicted octanol–water partition coefficient (Wildman–Crippen LogP) is 0.558. The molecule has 0 saturated carbocycles. The van der Waals surface area contributed by atoms with Crippen molar-refractivity contribution in [2.45, 2.75) is 13.0 Å². The van der Waals surface area contributed by atoms with E-state index < -0.39 is 29.1 Å². The maximum absolute atomic E-state index is 12.6. The fourth-order valence-corrected chi connectivity index (χ4v) is 1.30. The van der Waals surface area contributed by atoms with Crippen LogP contribution in [-0.2, 0) is 11.3 Å². The number of aromatic nitrogens is 1. The van der Waals surface area contributed by atoms with Gasteiger partial charge in [-0.05, 0) is 0 Å². The molecule has 1 rings (SSSR count). The Kier molecular flexibility index (Phi) is 3.73. The van der Waals surface area contributed by atoms with Crippen LogP contribution >= 0.6 is 0 Å². The lowest BCUT2D eigenvalue weighted by Gasteiger charge is -2.10. The molecule has 0 amide bonds. The number of hydrogen-bond acceptors (Lipinski definition) is 4. The molecular formula is C9H10F2N2O3. The molecule has 0 spiro atoms. The number of alkyl halides is 2. The first-order valence-electron chi connectivity index (χ1n) is 4.33. The molecule has 0 fully saturated rings. The van der Waals surface area contributed by atoms with Gasteiger partial charge in [0, 0.05) is 23.9 Å². The van der Waals surface area contributed by atoms with Crippen molar-refractivity contribution in [3.8, 4) is 0 Å². The van der Waals surface area contributed by atoms with E-state index in [1.165, 1.54) is 0 Å². The van der Waals surface area contributed by atoms with E-state index in [9.17, 15) is 18.4 Å². The number of esters is 1. The van der Waals surface area contributed by atoms with Crippen LogP contribution in [0.1, 0.15) is 27.9 Å². The SMILES string of the molecule is COC(=O)c1c(C(F)F)c[nH]c(=O)c1CN. The van der Waals surface area contributed by atoms with Crippen molar-refractivity contribution >= 4 is 5.97 Å². The van der Waals surface area contributed by atoms with Gasteiger partial charge in [0.25, 0.3) is 12.0 Å². The van der Waals surface area contributed by atoms with E-state index in [4.69, 9.17) is 5.73 Å². The monoisotopic (exact) mass is 232 g/mol. The number of ether oxygens (including phenoxy) is 1. The quantitative estimate of drug-likeness (QED) is 0.745. The summed E-state index contributed by atoms with van der Waals surface area (Å²) in [6.07, 6.45) is -2.10. The summed E-state index contributed by atoms with van der Waals surface area (Å²) < 4.78 is 29.5. The lowest BCUT2D eigenvalue weighted by atomic mass is 10.0. The molecule has 0 unspecified atom stereocenters. The second-order valence-corrected chi connectivity index (χ2v) is 2.92. The Morgan fingerprint density at radius 2 is 2.25 bits per heavy atom. The topological polar surface area (TPSA) is 85.2 Å². The minimum absolute atomic E-state index is 0.204. The number of halogens is 2. The summed E-state index contributed by atoms with van der Waals surface area (Å²) in [5.41, 5.74) is 3.32. The Labute approximate surface area is 89.2 Å². The zero-order chi connectivity index (χ0) is 12.3. The number of H-pyrrole nitrogens is 1. The van der Waals surface area contributed by atoms with Crippen LogP contribution in [0.5, 0.6) is 0 Å². The first kappa shape index (κ1) is 12.3. The van der Waals surface area contributed by atoms with Gasteiger partial charge < -0.3 is 15.5 Å². The Hall–Kier alpha value is -1.76. The van der Waals surface area contributed by atoms with Gasteiger partial charge in [0.2, 0.25) is 0 Å². The van der Waals surface area contributed by atoms with Gasteiger partial charge in [0.15, 0.2) is 0 Å². The number of rotatable bonds is 3. The highest BCUT2D eigenvalue weighted by Crippen LogP contribution is 2.23. The first-order chi connectivity index (χ1) is 7.52. The van der Waals surface area contributed by atoms with Crippen LogP contribution in [0.25, 0.3) is 0 Å². The van der Waals surface area contributed by atoms with Crippen LogP contribution in [0.3, 0.4) is 0 Å². The van der Waals surface area contributed by atoms with E-state index in [2.05, 4.69) is 9.72 Å². The average Bonchev–Trinajstić information content (AvgIpc) is 2.27. The summed E-state index contributed by atoms with van der Waals surface area (Å²) in [7, 11) is 1.04. The number of carbonyl (C=O) groups excluding carboxylic acids is 1. The zero-order valence-corrected chi connectivity index (χ0v) is 8.42. The number of hydrogen-bond donors (Lipinski definition) is 2. The molecule has 5 nitrogen and oxygen atoms in total. The summed E-state index contributed by atoms with van der Waals surface area (Å²) in [5.74, 6) is -0.998. The average molecular weight is 232 g/mol. The van der Waals surface area contributed by atoms with E-state index >= 15 is 0 Å². The maximum atomic E-state index is 12.6. The molecule has 88 valence electrons. The molecule has 1 heterocycles. The van der Waals surface area contributed by atoms with Gasteiger partial charge in [-0.15, -0.1) is 0 Å². The van der Waals surface area contributed by atoms with E-state index in [0.717, 1.165) is 13.3 Å². The third-order valence-corrected chi connectivity index (χ3v) is 2.05. The van der Waals surface area contributed by atoms with Gasteiger partial charge in [-0.25, -0.2) is 13.6 Å². The molecule has 7 heteroatoms. The molecule has 3 N–H and O–H groups in total. The highest BCUT2D eigenvalue weighted by molar-refractivity contribution is 5.92. The van der Waals surface area contributed by atoms with E-state index in [0.29, 0.717) is 0 Å². The third kappa shape index (κ3) is 2.08. The zero-order valence-electron chi connectivity index (χ0n) is 8.42. The van der Waals surface area contributed by atoms with Crippen LogP contribution in [0, 0.1) is 0 Å². The van der Waals surface area contributed by atoms with Crippen molar-refractivity contribution in [3.63, 3.8) is 0 Å². The molecule has 0 saturated heterocycles. The molecule has 0 atom stereocenters. The van der Waals surface area contributed by atoms with Crippen molar-refractivity contribution in [3.05, 3.63) is 33.2 Å². The number of carbonyl (C=O) groups is 1. The van der Waals surface area contributed by atoms with Gasteiger partial charge in [-0.1, -0.05) is 0 Å². The minimum atomic E-state index is -2.89. The summed E-state index contributed by atoms with van der Waals surface area (Å²) in [6, 6.07) is 0. The molecule has 1 aromatic rings. The standard InChI is InChI=1S/C9H10F2N2O3/c1-16-9(15)6-4(2-12)8(14)13-3-5(6)7(10)11/h3,7H,2,12H2,1H3,(H,13,14). The smallest absolute Gasteiger partial charge is 0.338 e. The normalized spacial score (nSPS) is 10.6. The highest BCUT2D eigenvalue weighted by Gasteiger charge is 2.24. The number of nitrogens with two attached hydrogens (primary N) is 1. The van der Waals surface area contributed by atoms with Gasteiger partial charge in [-0.3, -0.25) is 4.79 Å². The van der Waals surface area contributed by atoms with Crippen LogP contribution in [0.2, 0.25) is 0 Å². The number of aromatic amines is 1. The van der Waals surface area contributed by atoms with Gasteiger partial charge in [0.1, 0.15) is 0 Å². The van der Waals surface area contributed by atoms with Crippen molar-refractivity contribution in [2.75, 3.05) is 7.11 Å². The molecule has 0 aromatic carbocycles. The Morgan fingerprint density at radius 3 is 2.69 bits per heavy atom. The Balaban J connectivity index is 3.53. The highest BCUT2D eigenvalue weighted by atomic mass is 19.3. The fraction of sp³-hybridized carbons (Fsp3) is 0.333. The van der Waals surface area contributed by atoms with Gasteiger partial charge >= 0.3 is 5.97 Å². The van der Waals surface area contributed by atoms with Crippen LogP contribution in [-0.4, -0.2) is 18.1 Å². The van der Waals surface area contributed by atoms with Crippen LogP contribution in [0.15, 0.2) is 11.0 Å². The van der Waals surface area contributed by atoms with Gasteiger partial charge in [-0.2, -0.15) is 0 Å². The molecule has 0 bridgehead atoms. The van der Waals surface area contributed by atoms with E-state index in [1.54, 1.807) is 0 Å². The van der Waals surface area contributed by atoms with Crippen molar-refractivity contribution in [1.82, 2.24) is 4.98 Å². The van der Waals surface area contributed by atoms with E-state index in [1.807, 2.05) is 0 Å². The number of pyridine rings is 1. The fourth-order valence-electron chi connectivity index (χ4n) is 1.30. The molecule has 16 heavy (non-hydrogen) atoms. The van der Waals surface area contributed by atoms with Crippen molar-refractivity contribution < 1.29 is 18.3 Å². The number of nitrogens with one attached hydrogen (secondary N) is 1. The Bertz CT molecular complexity index is 457. The molecule has 1 aromatic heterocycles. The van der Waals surface area contributed by atoms with E-state index in [-0.39, 0.29) is 12.1 Å².